The predicted molar refractivity (Wildman–Crippen MR) is 97.5 cm³/mol. The maximum absolute atomic E-state index is 14.4. The number of rotatable bonds is 8. The Labute approximate surface area is 152 Å². The molecule has 7 heteroatoms. The van der Waals surface area contributed by atoms with Crippen molar-refractivity contribution in [3.8, 4) is 11.3 Å². The maximum Gasteiger partial charge on any atom is 0.406 e. The smallest absolute Gasteiger partial charge is 0.406 e. The molecular weight excluding hydrogens is 335 g/mol. The Balaban J connectivity index is 1.77. The summed E-state index contributed by atoms with van der Waals surface area (Å²) in [7, 11) is 1.25. The minimum atomic E-state index is -1.27. The van der Waals surface area contributed by atoms with Gasteiger partial charge in [0.15, 0.2) is 0 Å². The minimum Gasteiger partial charge on any atom is -0.453 e. The number of alkyl halides is 1. The van der Waals surface area contributed by atoms with E-state index in [1.807, 2.05) is 36.4 Å². The molecule has 2 aromatic rings. The monoisotopic (exact) mass is 360 g/mol. The SMILES string of the molecule is COC(=O)NCC(F)Cn1nc(C(C)NC2CC2)cc1-c1ccccc1. The molecule has 2 atom stereocenters. The van der Waals surface area contributed by atoms with Gasteiger partial charge in [0.2, 0.25) is 0 Å². The van der Waals surface area contributed by atoms with E-state index in [0.29, 0.717) is 6.04 Å². The lowest BCUT2D eigenvalue weighted by Crippen LogP contribution is -2.32. The summed E-state index contributed by atoms with van der Waals surface area (Å²) in [5.74, 6) is 0. The Bertz CT molecular complexity index is 730. The molecule has 0 bridgehead atoms. The van der Waals surface area contributed by atoms with E-state index in [1.165, 1.54) is 20.0 Å². The van der Waals surface area contributed by atoms with Crippen LogP contribution in [0.4, 0.5) is 9.18 Å². The van der Waals surface area contributed by atoms with E-state index in [1.54, 1.807) is 4.68 Å². The Morgan fingerprint density at radius 3 is 2.77 bits per heavy atom. The first-order valence-electron chi connectivity index (χ1n) is 8.92. The Morgan fingerprint density at radius 2 is 2.12 bits per heavy atom. The van der Waals surface area contributed by atoms with Crippen molar-refractivity contribution in [3.63, 3.8) is 0 Å². The summed E-state index contributed by atoms with van der Waals surface area (Å²) in [5, 5.41) is 10.5. The number of benzene rings is 1. The van der Waals surface area contributed by atoms with Gasteiger partial charge in [-0.25, -0.2) is 9.18 Å². The van der Waals surface area contributed by atoms with Gasteiger partial charge in [-0.3, -0.25) is 4.68 Å². The van der Waals surface area contributed by atoms with E-state index >= 15 is 0 Å². The molecule has 1 aliphatic carbocycles. The van der Waals surface area contributed by atoms with Gasteiger partial charge in [-0.1, -0.05) is 30.3 Å². The molecule has 1 aromatic heterocycles. The van der Waals surface area contributed by atoms with Crippen LogP contribution in [0, 0.1) is 0 Å². The molecule has 6 nitrogen and oxygen atoms in total. The zero-order chi connectivity index (χ0) is 18.5. The summed E-state index contributed by atoms with van der Waals surface area (Å²) >= 11 is 0. The molecule has 1 amide bonds. The van der Waals surface area contributed by atoms with Crippen LogP contribution < -0.4 is 10.6 Å². The van der Waals surface area contributed by atoms with E-state index in [0.717, 1.165) is 17.0 Å². The number of hydrogen-bond acceptors (Lipinski definition) is 4. The topological polar surface area (TPSA) is 68.2 Å². The van der Waals surface area contributed by atoms with Crippen LogP contribution in [0.15, 0.2) is 36.4 Å². The predicted octanol–water partition coefficient (Wildman–Crippen LogP) is 3.06. The van der Waals surface area contributed by atoms with Crippen molar-refractivity contribution in [2.45, 2.75) is 44.6 Å². The Kier molecular flexibility index (Phi) is 5.88. The molecule has 2 N–H and O–H groups in total. The number of alkyl carbamates (subject to hydrolysis) is 1. The zero-order valence-corrected chi connectivity index (χ0v) is 15.1. The van der Waals surface area contributed by atoms with E-state index in [2.05, 4.69) is 27.4 Å². The van der Waals surface area contributed by atoms with Crippen molar-refractivity contribution in [2.75, 3.05) is 13.7 Å². The van der Waals surface area contributed by atoms with Crippen molar-refractivity contribution in [2.24, 2.45) is 0 Å². The zero-order valence-electron chi connectivity index (χ0n) is 15.1. The third kappa shape index (κ3) is 4.82. The second kappa shape index (κ2) is 8.31. The molecule has 1 aliphatic rings. The molecule has 0 spiro atoms. The number of ether oxygens (including phenoxy) is 1. The molecule has 0 radical (unpaired) electrons. The lowest BCUT2D eigenvalue weighted by Gasteiger charge is -2.12. The van der Waals surface area contributed by atoms with E-state index in [9.17, 15) is 9.18 Å². The van der Waals surface area contributed by atoms with Gasteiger partial charge in [0, 0.05) is 12.1 Å². The maximum atomic E-state index is 14.4. The lowest BCUT2D eigenvalue weighted by atomic mass is 10.1. The highest BCUT2D eigenvalue weighted by molar-refractivity contribution is 5.66. The van der Waals surface area contributed by atoms with Gasteiger partial charge in [-0.05, 0) is 31.4 Å². The Hall–Kier alpha value is -2.41. The number of hydrogen-bond donors (Lipinski definition) is 2. The fourth-order valence-corrected chi connectivity index (χ4v) is 2.84. The average molecular weight is 360 g/mol. The highest BCUT2D eigenvalue weighted by Crippen LogP contribution is 2.27. The van der Waals surface area contributed by atoms with Gasteiger partial charge in [0.25, 0.3) is 0 Å². The highest BCUT2D eigenvalue weighted by Gasteiger charge is 2.25. The standard InChI is InChI=1S/C19H25FN4O2/c1-13(22-16-8-9-16)17-10-18(14-6-4-3-5-7-14)24(23-17)12-15(20)11-21-19(25)26-2/h3-7,10,13,15-16,22H,8-9,11-12H2,1-2H3,(H,21,25). The number of nitrogens with zero attached hydrogens (tertiary/aromatic N) is 2. The number of carbonyl (C=O) groups excluding carboxylic acids is 1. The van der Waals surface area contributed by atoms with Gasteiger partial charge >= 0.3 is 6.09 Å². The van der Waals surface area contributed by atoms with E-state index in [-0.39, 0.29) is 19.1 Å². The van der Waals surface area contributed by atoms with Crippen molar-refractivity contribution < 1.29 is 13.9 Å². The average Bonchev–Trinajstić information content (AvgIpc) is 3.37. The molecule has 140 valence electrons. The first kappa shape index (κ1) is 18.4. The first-order valence-corrected chi connectivity index (χ1v) is 8.92. The molecule has 1 fully saturated rings. The summed E-state index contributed by atoms with van der Waals surface area (Å²) in [6.45, 7) is 2.02. The van der Waals surface area contributed by atoms with Crippen LogP contribution in [0.5, 0.6) is 0 Å². The van der Waals surface area contributed by atoms with Crippen molar-refractivity contribution in [3.05, 3.63) is 42.1 Å². The molecule has 1 aromatic carbocycles. The van der Waals surface area contributed by atoms with Crippen molar-refractivity contribution >= 4 is 6.09 Å². The molecule has 1 saturated carbocycles. The van der Waals surface area contributed by atoms with Gasteiger partial charge in [-0.15, -0.1) is 0 Å². The van der Waals surface area contributed by atoms with Crippen LogP contribution >= 0.6 is 0 Å². The summed E-state index contributed by atoms with van der Waals surface area (Å²) in [6.07, 6.45) is 0.486. The fraction of sp³-hybridized carbons (Fsp3) is 0.474. The number of carbonyl (C=O) groups is 1. The molecule has 0 saturated heterocycles. The van der Waals surface area contributed by atoms with Crippen molar-refractivity contribution in [1.29, 1.82) is 0 Å². The third-order valence-corrected chi connectivity index (χ3v) is 4.40. The Morgan fingerprint density at radius 1 is 1.38 bits per heavy atom. The summed E-state index contributed by atoms with van der Waals surface area (Å²) in [4.78, 5) is 11.1. The first-order chi connectivity index (χ1) is 12.6. The molecule has 26 heavy (non-hydrogen) atoms. The van der Waals surface area contributed by atoms with Crippen molar-refractivity contribution in [1.82, 2.24) is 20.4 Å². The molecule has 2 unspecified atom stereocenters. The summed E-state index contributed by atoms with van der Waals surface area (Å²) in [6, 6.07) is 12.5. The number of methoxy groups -OCH3 is 1. The number of amides is 1. The summed E-state index contributed by atoms with van der Waals surface area (Å²) < 4.78 is 20.5. The molecule has 3 rings (SSSR count). The number of nitrogens with one attached hydrogen (secondary N) is 2. The fourth-order valence-electron chi connectivity index (χ4n) is 2.84. The largest absolute Gasteiger partial charge is 0.453 e. The van der Waals surface area contributed by atoms with Crippen LogP contribution in [0.25, 0.3) is 11.3 Å². The van der Waals surface area contributed by atoms with Crippen LogP contribution in [0.1, 0.15) is 31.5 Å². The minimum absolute atomic E-state index is 0.0599. The second-order valence-corrected chi connectivity index (χ2v) is 6.63. The normalized spacial score (nSPS) is 16.1. The molecule has 0 aliphatic heterocycles. The van der Waals surface area contributed by atoms with Crippen LogP contribution in [-0.4, -0.2) is 41.7 Å². The third-order valence-electron chi connectivity index (χ3n) is 4.40. The number of halogens is 1. The van der Waals surface area contributed by atoms with Gasteiger partial charge < -0.3 is 15.4 Å². The lowest BCUT2D eigenvalue weighted by molar-refractivity contribution is 0.165. The highest BCUT2D eigenvalue weighted by atomic mass is 19.1. The quantitative estimate of drug-likeness (QED) is 0.759. The van der Waals surface area contributed by atoms with Gasteiger partial charge in [0.1, 0.15) is 6.17 Å². The van der Waals surface area contributed by atoms with Gasteiger partial charge in [0.05, 0.1) is 31.6 Å². The van der Waals surface area contributed by atoms with Gasteiger partial charge in [-0.2, -0.15) is 5.10 Å². The van der Waals surface area contributed by atoms with E-state index < -0.39 is 12.3 Å². The summed E-state index contributed by atoms with van der Waals surface area (Å²) in [5.41, 5.74) is 2.74. The molecule has 1 heterocycles. The van der Waals surface area contributed by atoms with E-state index in [4.69, 9.17) is 0 Å². The van der Waals surface area contributed by atoms with Crippen LogP contribution in [-0.2, 0) is 11.3 Å². The molecular formula is C19H25FN4O2. The van der Waals surface area contributed by atoms with Crippen LogP contribution in [0.2, 0.25) is 0 Å². The number of aromatic nitrogens is 2. The second-order valence-electron chi connectivity index (χ2n) is 6.63. The van der Waals surface area contributed by atoms with Crippen LogP contribution in [0.3, 0.4) is 0 Å².